The van der Waals surface area contributed by atoms with Crippen molar-refractivity contribution in [2.24, 2.45) is 5.73 Å². The fourth-order valence-corrected chi connectivity index (χ4v) is 3.72. The quantitative estimate of drug-likeness (QED) is 0.536. The van der Waals surface area contributed by atoms with Crippen LogP contribution in [0.4, 0.5) is 11.4 Å². The molecule has 0 aromatic heterocycles. The van der Waals surface area contributed by atoms with Gasteiger partial charge in [0.2, 0.25) is 5.91 Å². The van der Waals surface area contributed by atoms with Crippen LogP contribution in [0.5, 0.6) is 5.75 Å². The second kappa shape index (κ2) is 8.66. The summed E-state index contributed by atoms with van der Waals surface area (Å²) in [6.45, 7) is 0. The summed E-state index contributed by atoms with van der Waals surface area (Å²) in [5, 5.41) is 2.71. The lowest BCUT2D eigenvalue weighted by Gasteiger charge is -2.13. The molecule has 0 unspecified atom stereocenters. The largest absolute Gasteiger partial charge is 0.497 e. The maximum atomic E-state index is 12.7. The van der Waals surface area contributed by atoms with Crippen LogP contribution in [0.1, 0.15) is 20.7 Å². The van der Waals surface area contributed by atoms with Gasteiger partial charge < -0.3 is 15.8 Å². The summed E-state index contributed by atoms with van der Waals surface area (Å²) in [5.41, 5.74) is 6.15. The third-order valence-corrected chi connectivity index (χ3v) is 5.59. The first kappa shape index (κ1) is 20.9. The van der Waals surface area contributed by atoms with Gasteiger partial charge in [-0.1, -0.05) is 12.1 Å². The van der Waals surface area contributed by atoms with Gasteiger partial charge >= 0.3 is 0 Å². The number of benzene rings is 3. The zero-order valence-corrected chi connectivity index (χ0v) is 16.8. The van der Waals surface area contributed by atoms with Crippen molar-refractivity contribution >= 4 is 33.2 Å². The first-order chi connectivity index (χ1) is 14.3. The number of carbonyl (C=O) groups excluding carboxylic acids is 2. The Labute approximate surface area is 173 Å². The van der Waals surface area contributed by atoms with Gasteiger partial charge in [-0.15, -0.1) is 0 Å². The molecule has 3 aromatic rings. The number of ether oxygens (including phenoxy) is 1. The van der Waals surface area contributed by atoms with Gasteiger partial charge in [-0.2, -0.15) is 0 Å². The van der Waals surface area contributed by atoms with E-state index in [2.05, 4.69) is 10.0 Å². The highest BCUT2D eigenvalue weighted by Crippen LogP contribution is 2.22. The van der Waals surface area contributed by atoms with Crippen molar-refractivity contribution in [1.29, 1.82) is 0 Å². The average Bonchev–Trinajstić information content (AvgIpc) is 2.74. The van der Waals surface area contributed by atoms with Crippen molar-refractivity contribution in [1.82, 2.24) is 0 Å². The smallest absolute Gasteiger partial charge is 0.261 e. The highest BCUT2D eigenvalue weighted by atomic mass is 32.2. The van der Waals surface area contributed by atoms with Crippen molar-refractivity contribution < 1.29 is 22.7 Å². The SMILES string of the molecule is COc1ccc(NC(=O)c2ccccc2NS(=O)(=O)c2ccc(C(N)=O)cc2)cc1. The van der Waals surface area contributed by atoms with E-state index >= 15 is 0 Å². The molecule has 0 saturated carbocycles. The second-order valence-corrected chi connectivity index (χ2v) is 7.90. The van der Waals surface area contributed by atoms with Crippen LogP contribution in [-0.4, -0.2) is 27.3 Å². The Kier molecular flexibility index (Phi) is 6.03. The van der Waals surface area contributed by atoms with E-state index < -0.39 is 21.8 Å². The molecule has 4 N–H and O–H groups in total. The number of primary amides is 1. The second-order valence-electron chi connectivity index (χ2n) is 6.22. The van der Waals surface area contributed by atoms with E-state index in [0.29, 0.717) is 11.4 Å². The van der Waals surface area contributed by atoms with Crippen LogP contribution in [-0.2, 0) is 10.0 Å². The van der Waals surface area contributed by atoms with Crippen molar-refractivity contribution in [2.45, 2.75) is 4.90 Å². The predicted molar refractivity (Wildman–Crippen MR) is 113 cm³/mol. The minimum absolute atomic E-state index is 0.0714. The van der Waals surface area contributed by atoms with Crippen molar-refractivity contribution in [3.8, 4) is 5.75 Å². The maximum Gasteiger partial charge on any atom is 0.261 e. The molecule has 0 aliphatic rings. The standard InChI is InChI=1S/C21H19N3O5S/c1-29-16-10-8-15(9-11-16)23-21(26)18-4-2-3-5-19(18)24-30(27,28)17-12-6-14(7-13-17)20(22)25/h2-13,24H,1H3,(H2,22,25)(H,23,26). The van der Waals surface area contributed by atoms with Gasteiger partial charge in [-0.3, -0.25) is 14.3 Å². The third kappa shape index (κ3) is 4.76. The van der Waals surface area contributed by atoms with E-state index in [1.54, 1.807) is 36.4 Å². The Bertz CT molecular complexity index is 1170. The highest BCUT2D eigenvalue weighted by molar-refractivity contribution is 7.92. The number of para-hydroxylation sites is 1. The van der Waals surface area contributed by atoms with Gasteiger partial charge in [0.05, 0.1) is 23.3 Å². The Morgan fingerprint density at radius 3 is 2.13 bits per heavy atom. The van der Waals surface area contributed by atoms with Crippen LogP contribution >= 0.6 is 0 Å². The molecule has 9 heteroatoms. The summed E-state index contributed by atoms with van der Waals surface area (Å²) in [4.78, 5) is 23.8. The van der Waals surface area contributed by atoms with Crippen LogP contribution in [0.15, 0.2) is 77.7 Å². The van der Waals surface area contributed by atoms with Gasteiger partial charge in [0, 0.05) is 11.3 Å². The van der Waals surface area contributed by atoms with Gasteiger partial charge in [0.25, 0.3) is 15.9 Å². The van der Waals surface area contributed by atoms with Gasteiger partial charge in [-0.05, 0) is 60.7 Å². The van der Waals surface area contributed by atoms with E-state index in [1.165, 1.54) is 43.5 Å². The molecule has 0 spiro atoms. The molecule has 3 rings (SSSR count). The number of hydrogen-bond acceptors (Lipinski definition) is 5. The Morgan fingerprint density at radius 2 is 1.53 bits per heavy atom. The fraction of sp³-hybridized carbons (Fsp3) is 0.0476. The van der Waals surface area contributed by atoms with Crippen LogP contribution < -0.4 is 20.5 Å². The van der Waals surface area contributed by atoms with Crippen LogP contribution in [0, 0.1) is 0 Å². The lowest BCUT2D eigenvalue weighted by atomic mass is 10.1. The van der Waals surface area contributed by atoms with E-state index in [9.17, 15) is 18.0 Å². The third-order valence-electron chi connectivity index (χ3n) is 4.21. The summed E-state index contributed by atoms with van der Waals surface area (Å²) in [7, 11) is -2.45. The van der Waals surface area contributed by atoms with E-state index in [-0.39, 0.29) is 21.7 Å². The molecule has 8 nitrogen and oxygen atoms in total. The number of nitrogens with two attached hydrogens (primary N) is 1. The Hall–Kier alpha value is -3.85. The average molecular weight is 425 g/mol. The van der Waals surface area contributed by atoms with Gasteiger partial charge in [0.1, 0.15) is 5.75 Å². The number of methoxy groups -OCH3 is 1. The zero-order chi connectivity index (χ0) is 21.7. The molecular formula is C21H19N3O5S. The Balaban J connectivity index is 1.83. The molecule has 0 atom stereocenters. The highest BCUT2D eigenvalue weighted by Gasteiger charge is 2.19. The van der Waals surface area contributed by atoms with Crippen LogP contribution in [0.3, 0.4) is 0 Å². The number of amides is 2. The summed E-state index contributed by atoms with van der Waals surface area (Å²) in [6, 6.07) is 18.1. The summed E-state index contributed by atoms with van der Waals surface area (Å²) in [5.74, 6) is -0.501. The number of anilines is 2. The number of hydrogen-bond donors (Lipinski definition) is 3. The fourth-order valence-electron chi connectivity index (χ4n) is 2.64. The maximum absolute atomic E-state index is 12.7. The minimum atomic E-state index is -3.99. The monoisotopic (exact) mass is 425 g/mol. The zero-order valence-electron chi connectivity index (χ0n) is 16.0. The first-order valence-corrected chi connectivity index (χ1v) is 10.3. The van der Waals surface area contributed by atoms with Crippen molar-refractivity contribution in [2.75, 3.05) is 17.1 Å². The number of sulfonamides is 1. The molecule has 0 radical (unpaired) electrons. The van der Waals surface area contributed by atoms with Crippen molar-refractivity contribution in [3.63, 3.8) is 0 Å². The molecule has 154 valence electrons. The van der Waals surface area contributed by atoms with Crippen molar-refractivity contribution in [3.05, 3.63) is 83.9 Å². The van der Waals surface area contributed by atoms with E-state index in [0.717, 1.165) is 0 Å². The van der Waals surface area contributed by atoms with E-state index in [4.69, 9.17) is 10.5 Å². The number of carbonyl (C=O) groups is 2. The lowest BCUT2D eigenvalue weighted by Crippen LogP contribution is -2.19. The topological polar surface area (TPSA) is 128 Å². The summed E-state index contributed by atoms with van der Waals surface area (Å²) in [6.07, 6.45) is 0. The molecule has 30 heavy (non-hydrogen) atoms. The molecule has 2 amide bonds. The molecule has 3 aromatic carbocycles. The molecule has 0 aliphatic heterocycles. The first-order valence-electron chi connectivity index (χ1n) is 8.77. The molecular weight excluding hydrogens is 406 g/mol. The number of rotatable bonds is 7. The molecule has 0 aliphatic carbocycles. The minimum Gasteiger partial charge on any atom is -0.497 e. The summed E-state index contributed by atoms with van der Waals surface area (Å²) < 4.78 is 32.9. The molecule has 0 fully saturated rings. The molecule has 0 heterocycles. The molecule has 0 bridgehead atoms. The molecule has 0 saturated heterocycles. The summed E-state index contributed by atoms with van der Waals surface area (Å²) >= 11 is 0. The van der Waals surface area contributed by atoms with Crippen LogP contribution in [0.2, 0.25) is 0 Å². The van der Waals surface area contributed by atoms with Crippen LogP contribution in [0.25, 0.3) is 0 Å². The van der Waals surface area contributed by atoms with Gasteiger partial charge in [0.15, 0.2) is 0 Å². The van der Waals surface area contributed by atoms with Gasteiger partial charge in [-0.25, -0.2) is 8.42 Å². The lowest BCUT2D eigenvalue weighted by molar-refractivity contribution is 0.0997. The predicted octanol–water partition coefficient (Wildman–Crippen LogP) is 2.85. The normalized spacial score (nSPS) is 10.8. The number of nitrogens with one attached hydrogen (secondary N) is 2. The Morgan fingerprint density at radius 1 is 0.900 bits per heavy atom. The van der Waals surface area contributed by atoms with E-state index in [1.807, 2.05) is 0 Å².